The number of hydrogen-bond acceptors (Lipinski definition) is 6. The standard InChI is InChI=1S/C13H15N5O/c1-19-11-4-2-3-10(7-11)16-13-17-12(8-14-18-13)15-9-5-6-9/h2-4,7-9H,5-6H2,1H3,(H2,15,16,17,18). The lowest BCUT2D eigenvalue weighted by atomic mass is 10.3. The van der Waals surface area contributed by atoms with Crippen LogP contribution >= 0.6 is 0 Å². The quantitative estimate of drug-likeness (QED) is 0.855. The number of rotatable bonds is 5. The molecule has 0 saturated heterocycles. The van der Waals surface area contributed by atoms with Crippen LogP contribution in [0.15, 0.2) is 30.5 Å². The van der Waals surface area contributed by atoms with E-state index in [1.807, 2.05) is 24.3 Å². The van der Waals surface area contributed by atoms with Crippen molar-refractivity contribution in [2.75, 3.05) is 17.7 Å². The Morgan fingerprint density at radius 1 is 1.32 bits per heavy atom. The number of anilines is 3. The first kappa shape index (κ1) is 11.7. The molecule has 6 nitrogen and oxygen atoms in total. The van der Waals surface area contributed by atoms with Crippen molar-refractivity contribution >= 4 is 17.5 Å². The Balaban J connectivity index is 1.74. The first-order chi connectivity index (χ1) is 9.33. The number of aromatic nitrogens is 3. The van der Waals surface area contributed by atoms with Crippen LogP contribution < -0.4 is 15.4 Å². The molecule has 1 aromatic heterocycles. The van der Waals surface area contributed by atoms with Gasteiger partial charge in [0, 0.05) is 17.8 Å². The van der Waals surface area contributed by atoms with Crippen molar-refractivity contribution in [2.45, 2.75) is 18.9 Å². The fourth-order valence-corrected chi connectivity index (χ4v) is 1.69. The largest absolute Gasteiger partial charge is 0.497 e. The van der Waals surface area contributed by atoms with E-state index in [0.29, 0.717) is 12.0 Å². The molecule has 2 N–H and O–H groups in total. The van der Waals surface area contributed by atoms with E-state index in [1.165, 1.54) is 12.8 Å². The van der Waals surface area contributed by atoms with Gasteiger partial charge in [0.25, 0.3) is 0 Å². The minimum Gasteiger partial charge on any atom is -0.497 e. The molecule has 1 saturated carbocycles. The van der Waals surface area contributed by atoms with Crippen molar-refractivity contribution in [2.24, 2.45) is 0 Å². The van der Waals surface area contributed by atoms with Crippen LogP contribution in [0.3, 0.4) is 0 Å². The topological polar surface area (TPSA) is 72.0 Å². The van der Waals surface area contributed by atoms with Crippen molar-refractivity contribution in [1.82, 2.24) is 15.2 Å². The lowest BCUT2D eigenvalue weighted by molar-refractivity contribution is 0.415. The molecule has 2 aromatic rings. The van der Waals surface area contributed by atoms with E-state index < -0.39 is 0 Å². The number of benzene rings is 1. The van der Waals surface area contributed by atoms with Crippen LogP contribution in [-0.4, -0.2) is 28.3 Å². The van der Waals surface area contributed by atoms with Crippen molar-refractivity contribution in [3.63, 3.8) is 0 Å². The molecule has 0 unspecified atom stereocenters. The highest BCUT2D eigenvalue weighted by Gasteiger charge is 2.21. The highest BCUT2D eigenvalue weighted by Crippen LogP contribution is 2.24. The predicted octanol–water partition coefficient (Wildman–Crippen LogP) is 2.20. The first-order valence-corrected chi connectivity index (χ1v) is 6.21. The maximum Gasteiger partial charge on any atom is 0.249 e. The minimum absolute atomic E-state index is 0.471. The Bertz CT molecular complexity index is 570. The second-order valence-electron chi connectivity index (χ2n) is 4.44. The molecule has 1 aliphatic rings. The summed E-state index contributed by atoms with van der Waals surface area (Å²) in [6.45, 7) is 0. The van der Waals surface area contributed by atoms with Crippen molar-refractivity contribution < 1.29 is 4.74 Å². The Morgan fingerprint density at radius 2 is 2.21 bits per heavy atom. The predicted molar refractivity (Wildman–Crippen MR) is 72.7 cm³/mol. The van der Waals surface area contributed by atoms with Gasteiger partial charge in [0.05, 0.1) is 13.3 Å². The minimum atomic E-state index is 0.471. The summed E-state index contributed by atoms with van der Waals surface area (Å²) < 4.78 is 5.17. The van der Waals surface area contributed by atoms with Crippen molar-refractivity contribution in [1.29, 1.82) is 0 Å². The molecule has 0 atom stereocenters. The zero-order valence-corrected chi connectivity index (χ0v) is 10.6. The maximum absolute atomic E-state index is 5.17. The molecule has 6 heteroatoms. The fourth-order valence-electron chi connectivity index (χ4n) is 1.69. The summed E-state index contributed by atoms with van der Waals surface area (Å²) in [4.78, 5) is 4.37. The molecule has 98 valence electrons. The van der Waals surface area contributed by atoms with E-state index in [2.05, 4.69) is 25.8 Å². The van der Waals surface area contributed by atoms with Gasteiger partial charge in [0.2, 0.25) is 5.95 Å². The van der Waals surface area contributed by atoms with E-state index in [1.54, 1.807) is 13.3 Å². The summed E-state index contributed by atoms with van der Waals surface area (Å²) in [6, 6.07) is 8.13. The number of nitrogens with zero attached hydrogens (tertiary/aromatic N) is 3. The second-order valence-corrected chi connectivity index (χ2v) is 4.44. The van der Waals surface area contributed by atoms with Gasteiger partial charge in [-0.2, -0.15) is 10.1 Å². The molecular weight excluding hydrogens is 242 g/mol. The first-order valence-electron chi connectivity index (χ1n) is 6.21. The third-order valence-corrected chi connectivity index (χ3v) is 2.81. The SMILES string of the molecule is COc1cccc(Nc2nncc(NC3CC3)n2)c1. The number of nitrogens with one attached hydrogen (secondary N) is 2. The van der Waals surface area contributed by atoms with Gasteiger partial charge >= 0.3 is 0 Å². The summed E-state index contributed by atoms with van der Waals surface area (Å²) >= 11 is 0. The summed E-state index contributed by atoms with van der Waals surface area (Å²) in [7, 11) is 1.64. The normalized spacial score (nSPS) is 13.9. The van der Waals surface area contributed by atoms with Crippen LogP contribution in [0.2, 0.25) is 0 Å². The van der Waals surface area contributed by atoms with Gasteiger partial charge in [-0.15, -0.1) is 5.10 Å². The Kier molecular flexibility index (Phi) is 3.14. The van der Waals surface area contributed by atoms with Crippen LogP contribution in [0.1, 0.15) is 12.8 Å². The van der Waals surface area contributed by atoms with Crippen molar-refractivity contribution in [3.05, 3.63) is 30.5 Å². The van der Waals surface area contributed by atoms with Gasteiger partial charge in [0.15, 0.2) is 5.82 Å². The van der Waals surface area contributed by atoms with E-state index in [0.717, 1.165) is 17.3 Å². The number of ether oxygens (including phenoxy) is 1. The number of hydrogen-bond donors (Lipinski definition) is 2. The smallest absolute Gasteiger partial charge is 0.249 e. The van der Waals surface area contributed by atoms with Crippen LogP contribution in [0, 0.1) is 0 Å². The lowest BCUT2D eigenvalue weighted by Crippen LogP contribution is -2.06. The summed E-state index contributed by atoms with van der Waals surface area (Å²) in [6.07, 6.45) is 4.03. The van der Waals surface area contributed by atoms with Gasteiger partial charge in [-0.25, -0.2) is 0 Å². The second kappa shape index (κ2) is 5.09. The molecule has 1 aliphatic carbocycles. The Hall–Kier alpha value is -2.37. The lowest BCUT2D eigenvalue weighted by Gasteiger charge is -2.07. The van der Waals surface area contributed by atoms with Crippen molar-refractivity contribution in [3.8, 4) is 5.75 Å². The van der Waals surface area contributed by atoms with Crippen LogP contribution in [0.4, 0.5) is 17.5 Å². The highest BCUT2D eigenvalue weighted by molar-refractivity contribution is 5.56. The van der Waals surface area contributed by atoms with E-state index >= 15 is 0 Å². The van der Waals surface area contributed by atoms with Crippen LogP contribution in [0.25, 0.3) is 0 Å². The number of methoxy groups -OCH3 is 1. The maximum atomic E-state index is 5.17. The van der Waals surface area contributed by atoms with Gasteiger partial charge in [0.1, 0.15) is 5.75 Å². The molecule has 19 heavy (non-hydrogen) atoms. The summed E-state index contributed by atoms with van der Waals surface area (Å²) in [5.74, 6) is 2.01. The monoisotopic (exact) mass is 257 g/mol. The third kappa shape index (κ3) is 3.09. The van der Waals surface area contributed by atoms with E-state index in [9.17, 15) is 0 Å². The summed E-state index contributed by atoms with van der Waals surface area (Å²) in [5, 5.41) is 14.3. The Labute approximate surface area is 111 Å². The van der Waals surface area contributed by atoms with Gasteiger partial charge in [-0.1, -0.05) is 6.07 Å². The molecule has 0 bridgehead atoms. The van der Waals surface area contributed by atoms with Crippen LogP contribution in [-0.2, 0) is 0 Å². The molecule has 0 amide bonds. The molecule has 1 fully saturated rings. The zero-order chi connectivity index (χ0) is 13.1. The van der Waals surface area contributed by atoms with E-state index in [-0.39, 0.29) is 0 Å². The molecule has 0 spiro atoms. The Morgan fingerprint density at radius 3 is 3.00 bits per heavy atom. The molecular formula is C13H15N5O. The molecule has 0 radical (unpaired) electrons. The van der Waals surface area contributed by atoms with E-state index in [4.69, 9.17) is 4.74 Å². The molecule has 0 aliphatic heterocycles. The highest BCUT2D eigenvalue weighted by atomic mass is 16.5. The third-order valence-electron chi connectivity index (χ3n) is 2.81. The fraction of sp³-hybridized carbons (Fsp3) is 0.308. The molecule has 1 aromatic carbocycles. The van der Waals surface area contributed by atoms with Crippen LogP contribution in [0.5, 0.6) is 5.75 Å². The average molecular weight is 257 g/mol. The summed E-state index contributed by atoms with van der Waals surface area (Å²) in [5.41, 5.74) is 0.865. The molecule has 1 heterocycles. The zero-order valence-electron chi connectivity index (χ0n) is 10.6. The average Bonchev–Trinajstić information content (AvgIpc) is 3.23. The molecule has 3 rings (SSSR count). The van der Waals surface area contributed by atoms with Gasteiger partial charge in [-0.3, -0.25) is 0 Å². The van der Waals surface area contributed by atoms with Gasteiger partial charge in [-0.05, 0) is 25.0 Å². The van der Waals surface area contributed by atoms with Gasteiger partial charge < -0.3 is 15.4 Å².